The molecule has 0 aliphatic rings. The van der Waals surface area contributed by atoms with Crippen LogP contribution in [-0.2, 0) is 36.8 Å². The lowest BCUT2D eigenvalue weighted by Crippen LogP contribution is -2.58. The highest BCUT2D eigenvalue weighted by Crippen LogP contribution is 2.19. The van der Waals surface area contributed by atoms with Crippen LogP contribution in [0.1, 0.15) is 24.5 Å². The first-order valence-corrected chi connectivity index (χ1v) is 12.4. The van der Waals surface area contributed by atoms with Crippen LogP contribution in [0.2, 0.25) is 0 Å². The number of aliphatic carboxylic acids is 1. The summed E-state index contributed by atoms with van der Waals surface area (Å²) in [5, 5.41) is 27.3. The Morgan fingerprint density at radius 2 is 1.43 bits per heavy atom. The summed E-state index contributed by atoms with van der Waals surface area (Å²) < 4.78 is 0. The molecule has 40 heavy (non-hydrogen) atoms. The van der Waals surface area contributed by atoms with Gasteiger partial charge >= 0.3 is 5.97 Å². The van der Waals surface area contributed by atoms with E-state index in [2.05, 4.69) is 20.9 Å². The van der Waals surface area contributed by atoms with Gasteiger partial charge in [0.05, 0.1) is 12.5 Å². The number of benzene rings is 2. The van der Waals surface area contributed by atoms with Crippen molar-refractivity contribution in [2.24, 2.45) is 11.5 Å². The number of hydrogen-bond acceptors (Lipinski definition) is 7. The van der Waals surface area contributed by atoms with Crippen molar-refractivity contribution in [3.8, 4) is 5.75 Å². The molecule has 1 aromatic heterocycles. The fraction of sp³-hybridized carbons (Fsp3) is 0.296. The van der Waals surface area contributed by atoms with Gasteiger partial charge in [-0.3, -0.25) is 19.2 Å². The lowest BCUT2D eigenvalue weighted by atomic mass is 10.0. The van der Waals surface area contributed by atoms with Crippen LogP contribution in [0.5, 0.6) is 5.75 Å². The van der Waals surface area contributed by atoms with Crippen molar-refractivity contribution in [2.45, 2.75) is 50.4 Å². The first-order chi connectivity index (χ1) is 18.9. The zero-order valence-corrected chi connectivity index (χ0v) is 21.7. The van der Waals surface area contributed by atoms with E-state index in [4.69, 9.17) is 11.5 Å². The number of fused-ring (bicyclic) bond motifs is 1. The molecule has 0 aliphatic carbocycles. The average molecular weight is 553 g/mol. The molecular weight excluding hydrogens is 520 g/mol. The number of phenols is 1. The Labute approximate surface area is 229 Å². The molecule has 3 rings (SSSR count). The number of carbonyl (C=O) groups excluding carboxylic acids is 4. The van der Waals surface area contributed by atoms with Gasteiger partial charge in [-0.1, -0.05) is 30.3 Å². The van der Waals surface area contributed by atoms with E-state index in [-0.39, 0.29) is 18.6 Å². The Kier molecular flexibility index (Phi) is 9.81. The summed E-state index contributed by atoms with van der Waals surface area (Å²) in [5.41, 5.74) is 12.9. The molecule has 4 atom stereocenters. The van der Waals surface area contributed by atoms with Crippen molar-refractivity contribution in [1.29, 1.82) is 0 Å². The second-order valence-electron chi connectivity index (χ2n) is 9.42. The van der Waals surface area contributed by atoms with Gasteiger partial charge < -0.3 is 42.6 Å². The molecule has 0 saturated heterocycles. The van der Waals surface area contributed by atoms with Gasteiger partial charge in [0, 0.05) is 29.9 Å². The topological polar surface area (TPSA) is 230 Å². The number of primary amides is 1. The fourth-order valence-electron chi connectivity index (χ4n) is 4.06. The lowest BCUT2D eigenvalue weighted by molar-refractivity contribution is -0.143. The summed E-state index contributed by atoms with van der Waals surface area (Å²) in [5.74, 6) is -4.64. The molecule has 4 unspecified atom stereocenters. The molecule has 0 radical (unpaired) electrons. The number of carboxylic acid groups (broad SMARTS) is 1. The monoisotopic (exact) mass is 552 g/mol. The number of nitrogens with two attached hydrogens (primary N) is 2. The number of carboxylic acids is 1. The first kappa shape index (κ1) is 29.6. The van der Waals surface area contributed by atoms with Crippen molar-refractivity contribution >= 4 is 40.5 Å². The second kappa shape index (κ2) is 13.2. The number of aromatic hydroxyl groups is 1. The van der Waals surface area contributed by atoms with E-state index in [1.165, 1.54) is 31.2 Å². The van der Waals surface area contributed by atoms with Gasteiger partial charge in [-0.25, -0.2) is 4.79 Å². The summed E-state index contributed by atoms with van der Waals surface area (Å²) in [6, 6.07) is 8.23. The van der Waals surface area contributed by atoms with Crippen LogP contribution in [0.4, 0.5) is 0 Å². The van der Waals surface area contributed by atoms with Gasteiger partial charge in [-0.15, -0.1) is 0 Å². The average Bonchev–Trinajstić information content (AvgIpc) is 3.31. The number of H-pyrrole nitrogens is 1. The van der Waals surface area contributed by atoms with Gasteiger partial charge in [0.1, 0.15) is 23.9 Å². The third kappa shape index (κ3) is 8.04. The van der Waals surface area contributed by atoms with E-state index in [9.17, 15) is 34.2 Å². The van der Waals surface area contributed by atoms with E-state index in [1.807, 2.05) is 24.3 Å². The van der Waals surface area contributed by atoms with Crippen LogP contribution in [0.15, 0.2) is 54.7 Å². The summed E-state index contributed by atoms with van der Waals surface area (Å²) in [4.78, 5) is 65.2. The Hall–Kier alpha value is -4.91. The van der Waals surface area contributed by atoms with Crippen LogP contribution >= 0.6 is 0 Å². The van der Waals surface area contributed by atoms with Gasteiger partial charge in [-0.2, -0.15) is 0 Å². The van der Waals surface area contributed by atoms with Gasteiger partial charge in [0.25, 0.3) is 0 Å². The molecule has 13 nitrogen and oxygen atoms in total. The number of aromatic amines is 1. The zero-order chi connectivity index (χ0) is 29.4. The number of para-hydroxylation sites is 1. The standard InChI is InChI=1S/C27H32N6O7/c1-14(28)24(36)31-21(11-16-13-30-19-5-3-2-4-18(16)19)26(38)32-20(10-15-6-8-17(34)9-7-15)25(37)33-22(27(39)40)12-23(29)35/h2-9,13-14,20-22,30,34H,10-12,28H2,1H3,(H2,29,35)(H,31,36)(H,32,38)(H,33,37)(H,39,40). The zero-order valence-electron chi connectivity index (χ0n) is 21.7. The minimum absolute atomic E-state index is 0.0152. The SMILES string of the molecule is CC(N)C(=O)NC(Cc1c[nH]c2ccccc12)C(=O)NC(Cc1ccc(O)cc1)C(=O)NC(CC(N)=O)C(=O)O. The first-order valence-electron chi connectivity index (χ1n) is 12.4. The molecule has 0 fully saturated rings. The van der Waals surface area contributed by atoms with Crippen molar-refractivity contribution in [3.05, 3.63) is 65.9 Å². The molecule has 0 saturated carbocycles. The van der Waals surface area contributed by atoms with Crippen LogP contribution in [0.3, 0.4) is 0 Å². The fourth-order valence-corrected chi connectivity index (χ4v) is 4.06. The van der Waals surface area contributed by atoms with E-state index in [0.29, 0.717) is 5.56 Å². The van der Waals surface area contributed by atoms with Crippen molar-refractivity contribution in [1.82, 2.24) is 20.9 Å². The van der Waals surface area contributed by atoms with E-state index >= 15 is 0 Å². The Morgan fingerprint density at radius 1 is 0.850 bits per heavy atom. The van der Waals surface area contributed by atoms with Crippen molar-refractivity contribution in [3.63, 3.8) is 0 Å². The molecule has 2 aromatic carbocycles. The van der Waals surface area contributed by atoms with Crippen molar-refractivity contribution in [2.75, 3.05) is 0 Å². The molecule has 0 aliphatic heterocycles. The molecule has 0 spiro atoms. The number of amides is 4. The minimum atomic E-state index is -1.62. The third-order valence-electron chi connectivity index (χ3n) is 6.17. The number of aromatic nitrogens is 1. The third-order valence-corrected chi connectivity index (χ3v) is 6.17. The maximum atomic E-state index is 13.5. The molecule has 10 N–H and O–H groups in total. The normalized spacial score (nSPS) is 13.9. The van der Waals surface area contributed by atoms with Crippen LogP contribution in [0, 0.1) is 0 Å². The molecular formula is C27H32N6O7. The number of nitrogens with one attached hydrogen (secondary N) is 4. The Bertz CT molecular complexity index is 1390. The Balaban J connectivity index is 1.89. The second-order valence-corrected chi connectivity index (χ2v) is 9.42. The number of phenolic OH excluding ortho intramolecular Hbond substituents is 1. The molecule has 0 bridgehead atoms. The predicted octanol–water partition coefficient (Wildman–Crippen LogP) is -0.580. The number of hydrogen-bond donors (Lipinski definition) is 8. The van der Waals surface area contributed by atoms with Gasteiger partial charge in [-0.05, 0) is 36.2 Å². The number of rotatable bonds is 13. The highest BCUT2D eigenvalue weighted by atomic mass is 16.4. The van der Waals surface area contributed by atoms with Gasteiger partial charge in [0.15, 0.2) is 0 Å². The highest BCUT2D eigenvalue weighted by molar-refractivity contribution is 5.95. The van der Waals surface area contributed by atoms with Crippen LogP contribution < -0.4 is 27.4 Å². The molecule has 212 valence electrons. The van der Waals surface area contributed by atoms with Crippen LogP contribution in [0.25, 0.3) is 10.9 Å². The summed E-state index contributed by atoms with van der Waals surface area (Å²) in [6.07, 6.45) is 1.02. The van der Waals surface area contributed by atoms with E-state index in [0.717, 1.165) is 16.5 Å². The lowest BCUT2D eigenvalue weighted by Gasteiger charge is -2.25. The van der Waals surface area contributed by atoms with E-state index in [1.54, 1.807) is 6.20 Å². The maximum absolute atomic E-state index is 13.5. The smallest absolute Gasteiger partial charge is 0.326 e. The molecule has 1 heterocycles. The minimum Gasteiger partial charge on any atom is -0.508 e. The molecule has 3 aromatic rings. The largest absolute Gasteiger partial charge is 0.508 e. The van der Waals surface area contributed by atoms with E-state index < -0.39 is 60.2 Å². The summed E-state index contributed by atoms with van der Waals surface area (Å²) in [7, 11) is 0. The summed E-state index contributed by atoms with van der Waals surface area (Å²) >= 11 is 0. The predicted molar refractivity (Wildman–Crippen MR) is 145 cm³/mol. The van der Waals surface area contributed by atoms with Crippen molar-refractivity contribution < 1.29 is 34.2 Å². The van der Waals surface area contributed by atoms with Gasteiger partial charge in [0.2, 0.25) is 23.6 Å². The van der Waals surface area contributed by atoms with Crippen LogP contribution in [-0.4, -0.2) is 69.0 Å². The number of carbonyl (C=O) groups is 5. The quantitative estimate of drug-likeness (QED) is 0.136. The summed E-state index contributed by atoms with van der Waals surface area (Å²) in [6.45, 7) is 1.46. The maximum Gasteiger partial charge on any atom is 0.326 e. The molecule has 4 amide bonds. The molecule has 13 heteroatoms. The highest BCUT2D eigenvalue weighted by Gasteiger charge is 2.31. The Morgan fingerprint density at radius 3 is 2.02 bits per heavy atom.